The number of aliphatic carboxylic acids is 1. The van der Waals surface area contributed by atoms with Crippen LogP contribution in [0.1, 0.15) is 46.9 Å². The van der Waals surface area contributed by atoms with Crippen LogP contribution in [0.3, 0.4) is 0 Å². The van der Waals surface area contributed by atoms with E-state index in [0.717, 1.165) is 0 Å². The van der Waals surface area contributed by atoms with E-state index in [1.807, 2.05) is 0 Å². The second kappa shape index (κ2) is 8.67. The van der Waals surface area contributed by atoms with Crippen LogP contribution in [0.15, 0.2) is 24.3 Å². The van der Waals surface area contributed by atoms with Gasteiger partial charge < -0.3 is 14.9 Å². The molecule has 0 amide bonds. The molecule has 0 radical (unpaired) electrons. The van der Waals surface area contributed by atoms with Crippen molar-refractivity contribution < 1.29 is 34.1 Å². The van der Waals surface area contributed by atoms with E-state index in [-0.39, 0.29) is 30.1 Å². The number of aromatic carboxylic acids is 1. The van der Waals surface area contributed by atoms with Gasteiger partial charge in [-0.2, -0.15) is 0 Å². The van der Waals surface area contributed by atoms with Crippen molar-refractivity contribution in [3.63, 3.8) is 0 Å². The maximum absolute atomic E-state index is 12.0. The molecule has 1 atom stereocenters. The standard InChI is InChI=1S/C16H18O7/c1-2-10(7-11(17)8-14(18)19)9-23-16(22)13-6-4-3-5-12(13)15(20)21/h3-6,10H,2,7-9H2,1H3,(H,18,19)(H,20,21). The number of ketones is 1. The van der Waals surface area contributed by atoms with Gasteiger partial charge in [-0.3, -0.25) is 9.59 Å². The van der Waals surface area contributed by atoms with Gasteiger partial charge in [0.05, 0.1) is 17.7 Å². The fourth-order valence-corrected chi connectivity index (χ4v) is 2.00. The molecule has 2 N–H and O–H groups in total. The molecular weight excluding hydrogens is 304 g/mol. The lowest BCUT2D eigenvalue weighted by Gasteiger charge is -2.14. The molecule has 0 aliphatic heterocycles. The second-order valence-electron chi connectivity index (χ2n) is 5.04. The predicted molar refractivity (Wildman–Crippen MR) is 79.3 cm³/mol. The van der Waals surface area contributed by atoms with Gasteiger partial charge in [0.25, 0.3) is 0 Å². The van der Waals surface area contributed by atoms with E-state index in [4.69, 9.17) is 14.9 Å². The van der Waals surface area contributed by atoms with Crippen LogP contribution in [0.5, 0.6) is 0 Å². The molecule has 0 aliphatic carbocycles. The summed E-state index contributed by atoms with van der Waals surface area (Å²) in [6.07, 6.45) is -0.0395. The summed E-state index contributed by atoms with van der Waals surface area (Å²) in [5.41, 5.74) is -0.223. The highest BCUT2D eigenvalue weighted by Crippen LogP contribution is 2.14. The number of carbonyl (C=O) groups is 4. The number of carboxylic acids is 2. The number of Topliss-reactive ketones (excluding diaryl/α,β-unsaturated/α-hetero) is 1. The van der Waals surface area contributed by atoms with Crippen LogP contribution >= 0.6 is 0 Å². The highest BCUT2D eigenvalue weighted by molar-refractivity contribution is 6.02. The summed E-state index contributed by atoms with van der Waals surface area (Å²) in [6, 6.07) is 5.67. The first-order valence-corrected chi connectivity index (χ1v) is 7.08. The maximum Gasteiger partial charge on any atom is 0.339 e. The zero-order valence-corrected chi connectivity index (χ0v) is 12.7. The lowest BCUT2D eigenvalue weighted by Crippen LogP contribution is -2.19. The van der Waals surface area contributed by atoms with Gasteiger partial charge >= 0.3 is 17.9 Å². The summed E-state index contributed by atoms with van der Waals surface area (Å²) >= 11 is 0. The Morgan fingerprint density at radius 3 is 2.22 bits per heavy atom. The summed E-state index contributed by atoms with van der Waals surface area (Å²) in [6.45, 7) is 1.71. The van der Waals surface area contributed by atoms with Gasteiger partial charge in [-0.15, -0.1) is 0 Å². The Balaban J connectivity index is 2.65. The SMILES string of the molecule is CCC(COC(=O)c1ccccc1C(=O)O)CC(=O)CC(=O)O. The Bertz CT molecular complexity index is 606. The molecule has 124 valence electrons. The van der Waals surface area contributed by atoms with Gasteiger partial charge in [-0.25, -0.2) is 9.59 Å². The van der Waals surface area contributed by atoms with Crippen LogP contribution in [-0.4, -0.2) is 40.5 Å². The first kappa shape index (κ1) is 18.3. The number of hydrogen-bond acceptors (Lipinski definition) is 5. The third kappa shape index (κ3) is 5.90. The largest absolute Gasteiger partial charge is 0.481 e. The minimum absolute atomic E-state index is 0.00332. The van der Waals surface area contributed by atoms with Crippen molar-refractivity contribution in [3.05, 3.63) is 35.4 Å². The van der Waals surface area contributed by atoms with Gasteiger partial charge in [-0.1, -0.05) is 19.1 Å². The molecule has 7 nitrogen and oxygen atoms in total. The molecule has 0 fully saturated rings. The topological polar surface area (TPSA) is 118 Å². The van der Waals surface area contributed by atoms with Gasteiger partial charge in [0.15, 0.2) is 0 Å². The van der Waals surface area contributed by atoms with Crippen molar-refractivity contribution >= 4 is 23.7 Å². The van der Waals surface area contributed by atoms with Crippen molar-refractivity contribution in [2.45, 2.75) is 26.2 Å². The average Bonchev–Trinajstić information content (AvgIpc) is 2.50. The van der Waals surface area contributed by atoms with E-state index >= 15 is 0 Å². The van der Waals surface area contributed by atoms with Crippen molar-refractivity contribution in [1.29, 1.82) is 0 Å². The van der Waals surface area contributed by atoms with Crippen LogP contribution in [0.25, 0.3) is 0 Å². The highest BCUT2D eigenvalue weighted by Gasteiger charge is 2.20. The maximum atomic E-state index is 12.0. The molecule has 0 bridgehead atoms. The number of carbonyl (C=O) groups excluding carboxylic acids is 2. The van der Waals surface area contributed by atoms with Gasteiger partial charge in [-0.05, 0) is 24.5 Å². The Kier molecular flexibility index (Phi) is 6.92. The molecule has 1 aromatic carbocycles. The molecule has 0 aliphatic rings. The van der Waals surface area contributed by atoms with Crippen molar-refractivity contribution in [2.75, 3.05) is 6.61 Å². The zero-order chi connectivity index (χ0) is 17.4. The summed E-state index contributed by atoms with van der Waals surface area (Å²) in [5.74, 6) is -3.96. The summed E-state index contributed by atoms with van der Waals surface area (Å²) in [4.78, 5) is 45.0. The molecule has 0 saturated heterocycles. The number of rotatable bonds is 9. The van der Waals surface area contributed by atoms with E-state index in [2.05, 4.69) is 0 Å². The highest BCUT2D eigenvalue weighted by atomic mass is 16.5. The van der Waals surface area contributed by atoms with Crippen LogP contribution in [0.2, 0.25) is 0 Å². The van der Waals surface area contributed by atoms with E-state index in [0.29, 0.717) is 6.42 Å². The molecule has 0 spiro atoms. The van der Waals surface area contributed by atoms with E-state index < -0.39 is 30.1 Å². The zero-order valence-electron chi connectivity index (χ0n) is 12.7. The van der Waals surface area contributed by atoms with E-state index in [1.165, 1.54) is 24.3 Å². The minimum atomic E-state index is -1.23. The number of carboxylic acid groups (broad SMARTS) is 2. The van der Waals surface area contributed by atoms with Gasteiger partial charge in [0.1, 0.15) is 12.2 Å². The third-order valence-corrected chi connectivity index (χ3v) is 3.27. The minimum Gasteiger partial charge on any atom is -0.481 e. The Hall–Kier alpha value is -2.70. The molecule has 0 heterocycles. The third-order valence-electron chi connectivity index (χ3n) is 3.27. The summed E-state index contributed by atoms with van der Waals surface area (Å²) in [7, 11) is 0. The lowest BCUT2D eigenvalue weighted by molar-refractivity contribution is -0.140. The predicted octanol–water partition coefficient (Wildman–Crippen LogP) is 2.00. The van der Waals surface area contributed by atoms with Crippen molar-refractivity contribution in [1.82, 2.24) is 0 Å². The monoisotopic (exact) mass is 322 g/mol. The molecule has 1 unspecified atom stereocenters. The quantitative estimate of drug-likeness (QED) is 0.527. The Labute approximate surface area is 132 Å². The number of benzene rings is 1. The fourth-order valence-electron chi connectivity index (χ4n) is 2.00. The second-order valence-corrected chi connectivity index (χ2v) is 5.04. The molecule has 0 aromatic heterocycles. The first-order chi connectivity index (χ1) is 10.8. The van der Waals surface area contributed by atoms with Gasteiger partial charge in [0, 0.05) is 6.42 Å². The van der Waals surface area contributed by atoms with E-state index in [9.17, 15) is 19.2 Å². The average molecular weight is 322 g/mol. The first-order valence-electron chi connectivity index (χ1n) is 7.08. The van der Waals surface area contributed by atoms with Crippen LogP contribution < -0.4 is 0 Å². The van der Waals surface area contributed by atoms with Crippen LogP contribution in [0.4, 0.5) is 0 Å². The normalized spacial score (nSPS) is 11.5. The fraction of sp³-hybridized carbons (Fsp3) is 0.375. The summed E-state index contributed by atoms with van der Waals surface area (Å²) < 4.78 is 5.08. The molecule has 7 heteroatoms. The molecular formula is C16H18O7. The lowest BCUT2D eigenvalue weighted by atomic mass is 9.99. The molecule has 23 heavy (non-hydrogen) atoms. The number of ether oxygens (including phenoxy) is 1. The Morgan fingerprint density at radius 2 is 1.70 bits per heavy atom. The van der Waals surface area contributed by atoms with Crippen LogP contribution in [-0.2, 0) is 14.3 Å². The molecule has 1 rings (SSSR count). The van der Waals surface area contributed by atoms with Gasteiger partial charge in [0.2, 0.25) is 0 Å². The number of esters is 1. The molecule has 0 saturated carbocycles. The Morgan fingerprint density at radius 1 is 1.09 bits per heavy atom. The van der Waals surface area contributed by atoms with Crippen molar-refractivity contribution in [3.8, 4) is 0 Å². The summed E-state index contributed by atoms with van der Waals surface area (Å²) in [5, 5.41) is 17.6. The van der Waals surface area contributed by atoms with E-state index in [1.54, 1.807) is 6.92 Å². The van der Waals surface area contributed by atoms with Crippen LogP contribution in [0, 0.1) is 5.92 Å². The smallest absolute Gasteiger partial charge is 0.339 e. The molecule has 1 aromatic rings. The van der Waals surface area contributed by atoms with Crippen molar-refractivity contribution in [2.24, 2.45) is 5.92 Å². The number of hydrogen-bond donors (Lipinski definition) is 2.